The first-order valence-corrected chi connectivity index (χ1v) is 6.67. The van der Waals surface area contributed by atoms with Gasteiger partial charge in [-0.2, -0.15) is 5.10 Å². The molecule has 0 aliphatic carbocycles. The molecule has 0 saturated carbocycles. The number of nitrogens with one attached hydrogen (secondary N) is 2. The normalized spacial score (nSPS) is 15.3. The molecule has 2 N–H and O–H groups in total. The average Bonchev–Trinajstić information content (AvgIpc) is 2.48. The van der Waals surface area contributed by atoms with E-state index in [9.17, 15) is 0 Å². The number of hydrazone groups is 1. The second-order valence-electron chi connectivity index (χ2n) is 3.97. The lowest BCUT2D eigenvalue weighted by atomic mass is 10.2. The van der Waals surface area contributed by atoms with Crippen molar-refractivity contribution in [2.24, 2.45) is 5.10 Å². The van der Waals surface area contributed by atoms with Crippen molar-refractivity contribution >= 4 is 23.4 Å². The molecule has 4 nitrogen and oxygen atoms in total. The molecule has 1 fully saturated rings. The van der Waals surface area contributed by atoms with Gasteiger partial charge < -0.3 is 5.32 Å². The third-order valence-corrected chi connectivity index (χ3v) is 2.63. The molecular formula is C13H20N4S. The molecule has 18 heavy (non-hydrogen) atoms. The van der Waals surface area contributed by atoms with Crippen LogP contribution in [0, 0.1) is 0 Å². The van der Waals surface area contributed by atoms with E-state index in [1.54, 1.807) is 6.20 Å². The van der Waals surface area contributed by atoms with Crippen molar-refractivity contribution in [3.05, 3.63) is 30.1 Å². The standard InChI is InChI=1S/C8H9N3S.C5H11N/c1-7(11-10-6-12)8-4-2-3-5-9-8;1-2-4-6-5-3-1/h2-6H,1H3,(H,10,12);6H,1-5H2. The van der Waals surface area contributed by atoms with Gasteiger partial charge in [-0.15, -0.1) is 0 Å². The van der Waals surface area contributed by atoms with Crippen LogP contribution in [0.3, 0.4) is 0 Å². The largest absolute Gasteiger partial charge is 0.317 e. The zero-order valence-corrected chi connectivity index (χ0v) is 11.5. The highest BCUT2D eigenvalue weighted by Crippen LogP contribution is 1.96. The number of nitrogens with zero attached hydrogens (tertiary/aromatic N) is 2. The van der Waals surface area contributed by atoms with Gasteiger partial charge in [0.2, 0.25) is 0 Å². The van der Waals surface area contributed by atoms with E-state index in [4.69, 9.17) is 0 Å². The van der Waals surface area contributed by atoms with Crippen molar-refractivity contribution in [1.29, 1.82) is 0 Å². The van der Waals surface area contributed by atoms with Gasteiger partial charge in [0.15, 0.2) is 0 Å². The summed E-state index contributed by atoms with van der Waals surface area (Å²) in [6.07, 6.45) is 5.94. The minimum absolute atomic E-state index is 0.816. The summed E-state index contributed by atoms with van der Waals surface area (Å²) in [6, 6.07) is 5.67. The van der Waals surface area contributed by atoms with E-state index < -0.39 is 0 Å². The van der Waals surface area contributed by atoms with Crippen LogP contribution in [0.25, 0.3) is 0 Å². The van der Waals surface area contributed by atoms with E-state index in [0.717, 1.165) is 11.4 Å². The Morgan fingerprint density at radius 3 is 2.61 bits per heavy atom. The zero-order valence-electron chi connectivity index (χ0n) is 10.7. The molecule has 1 saturated heterocycles. The van der Waals surface area contributed by atoms with Crippen LogP contribution < -0.4 is 10.7 Å². The first-order chi connectivity index (χ1) is 8.84. The second-order valence-corrected chi connectivity index (χ2v) is 4.21. The van der Waals surface area contributed by atoms with Crippen molar-refractivity contribution in [2.75, 3.05) is 13.1 Å². The molecule has 1 aliphatic rings. The van der Waals surface area contributed by atoms with Crippen molar-refractivity contribution < 1.29 is 0 Å². The van der Waals surface area contributed by atoms with Crippen LogP contribution in [-0.2, 0) is 0 Å². The van der Waals surface area contributed by atoms with Crippen LogP contribution in [0.15, 0.2) is 29.5 Å². The molecule has 0 aromatic carbocycles. The molecule has 1 aromatic rings. The van der Waals surface area contributed by atoms with Crippen molar-refractivity contribution in [2.45, 2.75) is 26.2 Å². The van der Waals surface area contributed by atoms with Crippen molar-refractivity contribution in [3.8, 4) is 0 Å². The molecule has 1 aliphatic heterocycles. The van der Waals surface area contributed by atoms with Gasteiger partial charge in [-0.3, -0.25) is 10.4 Å². The summed E-state index contributed by atoms with van der Waals surface area (Å²) >= 11 is 4.56. The van der Waals surface area contributed by atoms with Gasteiger partial charge in [-0.05, 0) is 45.0 Å². The number of thiocarbonyl (C=S) groups is 1. The van der Waals surface area contributed by atoms with Crippen LogP contribution in [0.4, 0.5) is 0 Å². The maximum absolute atomic E-state index is 4.56. The van der Waals surface area contributed by atoms with E-state index in [1.807, 2.05) is 25.1 Å². The fourth-order valence-corrected chi connectivity index (χ4v) is 1.61. The Morgan fingerprint density at radius 1 is 1.39 bits per heavy atom. The van der Waals surface area contributed by atoms with Gasteiger partial charge in [-0.1, -0.05) is 24.7 Å². The lowest BCUT2D eigenvalue weighted by molar-refractivity contribution is 0.520. The number of piperidine rings is 1. The Labute approximate surface area is 114 Å². The van der Waals surface area contributed by atoms with Gasteiger partial charge >= 0.3 is 0 Å². The lowest BCUT2D eigenvalue weighted by Gasteiger charge is -2.08. The minimum atomic E-state index is 0.816. The molecule has 0 spiro atoms. The molecule has 0 atom stereocenters. The average molecular weight is 264 g/mol. The van der Waals surface area contributed by atoms with E-state index >= 15 is 0 Å². The Kier molecular flexibility index (Phi) is 7.92. The van der Waals surface area contributed by atoms with Crippen LogP contribution in [0.1, 0.15) is 31.9 Å². The predicted octanol–water partition coefficient (Wildman–Crippen LogP) is 2.11. The van der Waals surface area contributed by atoms with Gasteiger partial charge in [-0.25, -0.2) is 0 Å². The highest BCUT2D eigenvalue weighted by Gasteiger charge is 1.95. The Morgan fingerprint density at radius 2 is 2.17 bits per heavy atom. The molecule has 5 heteroatoms. The molecule has 98 valence electrons. The van der Waals surface area contributed by atoms with Crippen LogP contribution in [0.5, 0.6) is 0 Å². The van der Waals surface area contributed by atoms with Crippen molar-refractivity contribution in [3.63, 3.8) is 0 Å². The highest BCUT2D eigenvalue weighted by atomic mass is 32.1. The van der Waals surface area contributed by atoms with E-state index in [0.29, 0.717) is 0 Å². The number of rotatable bonds is 3. The van der Waals surface area contributed by atoms with E-state index in [-0.39, 0.29) is 0 Å². The van der Waals surface area contributed by atoms with Crippen LogP contribution >= 0.6 is 12.2 Å². The van der Waals surface area contributed by atoms with E-state index in [1.165, 1.54) is 37.8 Å². The van der Waals surface area contributed by atoms with Crippen LogP contribution in [0.2, 0.25) is 0 Å². The Hall–Kier alpha value is -1.33. The van der Waals surface area contributed by atoms with Gasteiger partial charge in [0.25, 0.3) is 0 Å². The fraction of sp³-hybridized carbons (Fsp3) is 0.462. The summed E-state index contributed by atoms with van der Waals surface area (Å²) in [4.78, 5) is 4.11. The summed E-state index contributed by atoms with van der Waals surface area (Å²) in [5, 5.41) is 7.24. The number of hydrogen-bond acceptors (Lipinski definition) is 4. The molecule has 0 amide bonds. The number of pyridine rings is 1. The lowest BCUT2D eigenvalue weighted by Crippen LogP contribution is -2.21. The molecule has 0 unspecified atom stereocenters. The van der Waals surface area contributed by atoms with Gasteiger partial charge in [0.1, 0.15) is 0 Å². The maximum atomic E-state index is 4.56. The molecule has 2 heterocycles. The van der Waals surface area contributed by atoms with Gasteiger partial charge in [0, 0.05) is 6.20 Å². The molecular weight excluding hydrogens is 244 g/mol. The summed E-state index contributed by atoms with van der Waals surface area (Å²) in [6.45, 7) is 4.37. The topological polar surface area (TPSA) is 49.3 Å². The minimum Gasteiger partial charge on any atom is -0.317 e. The maximum Gasteiger partial charge on any atom is 0.0859 e. The van der Waals surface area contributed by atoms with Crippen LogP contribution in [-0.4, -0.2) is 29.3 Å². The number of hydrogen-bond donors (Lipinski definition) is 2. The van der Waals surface area contributed by atoms with Gasteiger partial charge in [0.05, 0.1) is 16.9 Å². The summed E-state index contributed by atoms with van der Waals surface area (Å²) in [5.74, 6) is 0. The quantitative estimate of drug-likeness (QED) is 0.499. The van der Waals surface area contributed by atoms with Crippen molar-refractivity contribution in [1.82, 2.24) is 15.7 Å². The molecule has 0 radical (unpaired) electrons. The summed E-state index contributed by atoms with van der Waals surface area (Å²) in [7, 11) is 0. The Balaban J connectivity index is 0.000000225. The van der Waals surface area contributed by atoms with E-state index in [2.05, 4.69) is 33.0 Å². The molecule has 0 bridgehead atoms. The third-order valence-electron chi connectivity index (χ3n) is 2.53. The first-order valence-electron chi connectivity index (χ1n) is 6.20. The predicted molar refractivity (Wildman–Crippen MR) is 80.0 cm³/mol. The number of aromatic nitrogens is 1. The zero-order chi connectivity index (χ0) is 13.1. The monoisotopic (exact) mass is 264 g/mol. The first kappa shape index (κ1) is 14.7. The SMILES string of the molecule is C1CCNCC1.CC(=NNC=S)c1ccccn1. The molecule has 2 rings (SSSR count). The summed E-state index contributed by atoms with van der Waals surface area (Å²) in [5.41, 5.74) is 5.60. The fourth-order valence-electron chi connectivity index (χ4n) is 1.56. The third kappa shape index (κ3) is 6.42. The second kappa shape index (κ2) is 9.67. The smallest absolute Gasteiger partial charge is 0.0859 e. The molecule has 1 aromatic heterocycles. The Bertz CT molecular complexity index is 349. The highest BCUT2D eigenvalue weighted by molar-refractivity contribution is 7.78. The summed E-state index contributed by atoms with van der Waals surface area (Å²) < 4.78 is 0.